The number of aryl methyl sites for hydroxylation is 1. The fraction of sp³-hybridized carbons (Fsp3) is 0.0250. The van der Waals surface area contributed by atoms with Gasteiger partial charge in [0.15, 0.2) is 7.14 Å². The summed E-state index contributed by atoms with van der Waals surface area (Å²) >= 11 is 0. The van der Waals surface area contributed by atoms with Gasteiger partial charge in [0.2, 0.25) is 0 Å². The van der Waals surface area contributed by atoms with Crippen LogP contribution in [0.4, 0.5) is 0 Å². The molecule has 2 heterocycles. The molecule has 0 saturated heterocycles. The third-order valence-electron chi connectivity index (χ3n) is 9.67. The van der Waals surface area contributed by atoms with E-state index in [1.807, 2.05) is 55.5 Å². The molecule has 0 N–H and O–H groups in total. The zero-order chi connectivity index (χ0) is 29.2. The summed E-state index contributed by atoms with van der Waals surface area (Å²) in [5.41, 5.74) is 4.99. The second-order valence-corrected chi connectivity index (χ2v) is 14.6. The molecular weight excluding hydrogens is 555 g/mol. The fourth-order valence-electron chi connectivity index (χ4n) is 7.85. The van der Waals surface area contributed by atoms with E-state index in [9.17, 15) is 0 Å². The lowest BCUT2D eigenvalue weighted by Crippen LogP contribution is -2.33. The average molecular weight is 581 g/mol. The van der Waals surface area contributed by atoms with Gasteiger partial charge in [-0.1, -0.05) is 109 Å². The zero-order valence-electron chi connectivity index (χ0n) is 24.0. The van der Waals surface area contributed by atoms with E-state index in [1.165, 1.54) is 43.1 Å². The monoisotopic (exact) mass is 580 g/mol. The molecule has 10 rings (SSSR count). The van der Waals surface area contributed by atoms with Gasteiger partial charge in [0.05, 0.1) is 16.7 Å². The summed E-state index contributed by atoms with van der Waals surface area (Å²) in [5, 5.41) is 12.7. The van der Waals surface area contributed by atoms with Crippen LogP contribution >= 0.6 is 7.14 Å². The fourth-order valence-corrected chi connectivity index (χ4v) is 10.9. The number of para-hydroxylation sites is 1. The highest BCUT2D eigenvalue weighted by atomic mass is 31.2. The third kappa shape index (κ3) is 2.93. The molecule has 0 aliphatic carbocycles. The van der Waals surface area contributed by atoms with Crippen LogP contribution in [0.5, 0.6) is 0 Å². The quantitative estimate of drug-likeness (QED) is 0.116. The molecule has 206 valence electrons. The minimum atomic E-state index is -3.21. The Hall–Kier alpha value is -5.24. The van der Waals surface area contributed by atoms with Crippen molar-refractivity contribution >= 4 is 77.2 Å². The van der Waals surface area contributed by atoms with Crippen molar-refractivity contribution in [2.75, 3.05) is 0 Å². The van der Waals surface area contributed by atoms with E-state index in [0.717, 1.165) is 49.6 Å². The zero-order valence-corrected chi connectivity index (χ0v) is 24.8. The Kier molecular flexibility index (Phi) is 4.65. The molecule has 1 aliphatic heterocycles. The summed E-state index contributed by atoms with van der Waals surface area (Å²) in [4.78, 5) is 4.88. The van der Waals surface area contributed by atoms with E-state index in [-0.39, 0.29) is 0 Å². The SMILES string of the molecule is Cc1nc2cccc3c2n1-c1ccc(-c2ccc4c5cccc6cccc(c7cccc2c74)c65)cc1P3(=O)c1ccccc1. The second-order valence-electron chi connectivity index (χ2n) is 11.9. The van der Waals surface area contributed by atoms with Gasteiger partial charge in [-0.05, 0) is 85.4 Å². The number of aromatic nitrogens is 2. The second kappa shape index (κ2) is 8.44. The van der Waals surface area contributed by atoms with Crippen molar-refractivity contribution in [2.45, 2.75) is 6.92 Å². The number of hydrogen-bond acceptors (Lipinski definition) is 2. The van der Waals surface area contributed by atoms with Crippen LogP contribution in [0.1, 0.15) is 5.82 Å². The van der Waals surface area contributed by atoms with E-state index in [1.54, 1.807) is 0 Å². The number of hydrogen-bond donors (Lipinski definition) is 0. The van der Waals surface area contributed by atoms with Gasteiger partial charge in [-0.25, -0.2) is 4.98 Å². The molecule has 1 atom stereocenters. The summed E-state index contributed by atoms with van der Waals surface area (Å²) in [6.07, 6.45) is 0. The Bertz CT molecular complexity index is 2650. The first-order valence-corrected chi connectivity index (χ1v) is 16.7. The summed E-state index contributed by atoms with van der Waals surface area (Å²) in [6, 6.07) is 46.9. The first kappa shape index (κ1) is 24.2. The number of nitrogens with zero attached hydrogens (tertiary/aromatic N) is 2. The van der Waals surface area contributed by atoms with Gasteiger partial charge in [-0.15, -0.1) is 0 Å². The van der Waals surface area contributed by atoms with Crippen LogP contribution in [0.15, 0.2) is 133 Å². The Morgan fingerprint density at radius 2 is 1.27 bits per heavy atom. The van der Waals surface area contributed by atoms with Crippen molar-refractivity contribution < 1.29 is 4.57 Å². The van der Waals surface area contributed by atoms with Crippen LogP contribution in [-0.4, -0.2) is 9.55 Å². The van der Waals surface area contributed by atoms with Gasteiger partial charge >= 0.3 is 0 Å². The van der Waals surface area contributed by atoms with Gasteiger partial charge in [0.25, 0.3) is 0 Å². The predicted molar refractivity (Wildman–Crippen MR) is 185 cm³/mol. The van der Waals surface area contributed by atoms with Crippen molar-refractivity contribution in [3.05, 3.63) is 139 Å². The van der Waals surface area contributed by atoms with Gasteiger partial charge in [0, 0.05) is 15.9 Å². The summed E-state index contributed by atoms with van der Waals surface area (Å²) in [6.45, 7) is 2.03. The van der Waals surface area contributed by atoms with Crippen molar-refractivity contribution in [3.8, 4) is 16.8 Å². The highest BCUT2D eigenvalue weighted by Crippen LogP contribution is 2.50. The number of fused-ring (bicyclic) bond motifs is 4. The highest BCUT2D eigenvalue weighted by Gasteiger charge is 2.39. The van der Waals surface area contributed by atoms with Crippen molar-refractivity contribution in [2.24, 2.45) is 0 Å². The molecule has 44 heavy (non-hydrogen) atoms. The molecule has 8 aromatic carbocycles. The normalized spacial score (nSPS) is 16.0. The first-order chi connectivity index (χ1) is 21.6. The number of benzene rings is 8. The smallest absolute Gasteiger partial charge is 0.175 e. The lowest BCUT2D eigenvalue weighted by Gasteiger charge is -2.29. The maximum Gasteiger partial charge on any atom is 0.175 e. The average Bonchev–Trinajstić information content (AvgIpc) is 3.42. The van der Waals surface area contributed by atoms with Crippen molar-refractivity contribution in [1.29, 1.82) is 0 Å². The Morgan fingerprint density at radius 3 is 2.07 bits per heavy atom. The van der Waals surface area contributed by atoms with Gasteiger partial charge in [-0.2, -0.15) is 0 Å². The maximum absolute atomic E-state index is 15.7. The van der Waals surface area contributed by atoms with Gasteiger partial charge < -0.3 is 4.57 Å². The lowest BCUT2D eigenvalue weighted by molar-refractivity contribution is 0.592. The number of imidazole rings is 1. The molecule has 1 aromatic heterocycles. The molecular formula is C40H25N2OP. The molecule has 9 aromatic rings. The van der Waals surface area contributed by atoms with Gasteiger partial charge in [0.1, 0.15) is 5.82 Å². The Balaban J connectivity index is 1.31. The first-order valence-electron chi connectivity index (χ1n) is 15.0. The molecule has 0 spiro atoms. The number of rotatable bonds is 2. The van der Waals surface area contributed by atoms with E-state index < -0.39 is 7.14 Å². The summed E-state index contributed by atoms with van der Waals surface area (Å²) in [5.74, 6) is 0.898. The van der Waals surface area contributed by atoms with Crippen LogP contribution in [-0.2, 0) is 4.57 Å². The van der Waals surface area contributed by atoms with Crippen molar-refractivity contribution in [1.82, 2.24) is 9.55 Å². The summed E-state index contributed by atoms with van der Waals surface area (Å²) in [7, 11) is -3.21. The molecule has 1 unspecified atom stereocenters. The Morgan fingerprint density at radius 1 is 0.591 bits per heavy atom. The largest absolute Gasteiger partial charge is 0.308 e. The minimum absolute atomic E-state index is 0.845. The lowest BCUT2D eigenvalue weighted by atomic mass is 9.87. The third-order valence-corrected chi connectivity index (χ3v) is 12.8. The molecule has 0 radical (unpaired) electrons. The minimum Gasteiger partial charge on any atom is -0.308 e. The van der Waals surface area contributed by atoms with E-state index >= 15 is 4.57 Å². The van der Waals surface area contributed by atoms with Crippen molar-refractivity contribution in [3.63, 3.8) is 0 Å². The predicted octanol–water partition coefficient (Wildman–Crippen LogP) is 9.00. The standard InChI is InChI=1S/C40H25N2OP/c1-24-41-34-17-8-18-36-40(34)42(24)35-22-19-26(23-37(35)44(36,43)27-11-3-2-4-12-27)28-20-21-33-31-14-6-10-25-9-5-13-30(38(25)31)32-16-7-15-29(28)39(32)33/h2-23H,1H3. The molecule has 0 bridgehead atoms. The van der Waals surface area contributed by atoms with Crippen LogP contribution < -0.4 is 15.9 Å². The highest BCUT2D eigenvalue weighted by molar-refractivity contribution is 7.86. The Labute approximate surface area is 253 Å². The topological polar surface area (TPSA) is 34.9 Å². The molecule has 0 fully saturated rings. The van der Waals surface area contributed by atoms with Gasteiger partial charge in [-0.3, -0.25) is 4.57 Å². The molecule has 3 nitrogen and oxygen atoms in total. The van der Waals surface area contributed by atoms with E-state index in [2.05, 4.69) is 89.5 Å². The summed E-state index contributed by atoms with van der Waals surface area (Å²) < 4.78 is 17.9. The van der Waals surface area contributed by atoms with Crippen LogP contribution in [0, 0.1) is 6.92 Å². The van der Waals surface area contributed by atoms with Crippen LogP contribution in [0.3, 0.4) is 0 Å². The van der Waals surface area contributed by atoms with E-state index in [4.69, 9.17) is 4.98 Å². The maximum atomic E-state index is 15.7. The molecule has 1 aliphatic rings. The van der Waals surface area contributed by atoms with Crippen LogP contribution in [0.25, 0.3) is 70.9 Å². The van der Waals surface area contributed by atoms with E-state index in [0.29, 0.717) is 0 Å². The molecule has 0 saturated carbocycles. The molecule has 0 amide bonds. The van der Waals surface area contributed by atoms with Crippen LogP contribution in [0.2, 0.25) is 0 Å². The molecule has 4 heteroatoms.